The van der Waals surface area contributed by atoms with Crippen LogP contribution in [-0.4, -0.2) is 90.2 Å². The van der Waals surface area contributed by atoms with Crippen LogP contribution in [0.1, 0.15) is 97.1 Å². The second kappa shape index (κ2) is 17.4. The van der Waals surface area contributed by atoms with Gasteiger partial charge >= 0.3 is 12.8 Å². The summed E-state index contributed by atoms with van der Waals surface area (Å²) in [6.45, 7) is 14.9. The zero-order valence-electron chi connectivity index (χ0n) is 38.5. The van der Waals surface area contributed by atoms with E-state index in [4.69, 9.17) is 15.0 Å². The third-order valence-electron chi connectivity index (χ3n) is 15.1. The van der Waals surface area contributed by atoms with Crippen LogP contribution in [0.15, 0.2) is 77.7 Å². The minimum atomic E-state index is -0.730. The molecule has 15 heteroatoms. The number of aromatic amines is 1. The molecular formula is C50H64BN7O7. The zero-order valence-corrected chi connectivity index (χ0v) is 38.5. The van der Waals surface area contributed by atoms with Gasteiger partial charge in [0.2, 0.25) is 11.8 Å². The van der Waals surface area contributed by atoms with Crippen molar-refractivity contribution in [3.63, 3.8) is 0 Å². The highest BCUT2D eigenvalue weighted by atomic mass is 16.7. The molecule has 4 heterocycles. The van der Waals surface area contributed by atoms with Gasteiger partial charge in [0, 0.05) is 42.8 Å². The van der Waals surface area contributed by atoms with E-state index in [-0.39, 0.29) is 64.8 Å². The lowest BCUT2D eigenvalue weighted by Crippen LogP contribution is -2.54. The van der Waals surface area contributed by atoms with Crippen LogP contribution in [-0.2, 0) is 31.9 Å². The number of phenols is 2. The Morgan fingerprint density at radius 3 is 2.49 bits per heavy atom. The maximum absolute atomic E-state index is 14.3. The first kappa shape index (κ1) is 44.8. The van der Waals surface area contributed by atoms with E-state index in [1.807, 2.05) is 73.3 Å². The molecule has 1 unspecified atom stereocenters. The summed E-state index contributed by atoms with van der Waals surface area (Å²) in [6.07, 6.45) is 6.90. The van der Waals surface area contributed by atoms with Crippen molar-refractivity contribution in [2.75, 3.05) is 13.1 Å². The van der Waals surface area contributed by atoms with Gasteiger partial charge in [-0.25, -0.2) is 14.5 Å². The number of amides is 2. The predicted molar refractivity (Wildman–Crippen MR) is 250 cm³/mol. The van der Waals surface area contributed by atoms with Gasteiger partial charge in [0.05, 0.1) is 41.4 Å². The molecule has 0 bridgehead atoms. The molecule has 3 aromatic carbocycles. The van der Waals surface area contributed by atoms with E-state index in [2.05, 4.69) is 54.0 Å². The number of rotatable bonds is 15. The molecule has 2 saturated heterocycles. The molecule has 0 spiro atoms. The Kier molecular flexibility index (Phi) is 12.0. The van der Waals surface area contributed by atoms with E-state index in [0.717, 1.165) is 48.7 Å². The summed E-state index contributed by atoms with van der Waals surface area (Å²) >= 11 is 0. The predicted octanol–water partition coefficient (Wildman–Crippen LogP) is 6.69. The largest absolute Gasteiger partial charge is 0.508 e. The highest BCUT2D eigenvalue weighted by molar-refractivity contribution is 6.48. The summed E-state index contributed by atoms with van der Waals surface area (Å²) in [5, 5.41) is 32.1. The van der Waals surface area contributed by atoms with Gasteiger partial charge in [0.25, 0.3) is 0 Å². The van der Waals surface area contributed by atoms with Crippen LogP contribution in [0.25, 0.3) is 28.0 Å². The number of phenolic OH excluding ortho intramolecular Hbond substituents is 2. The third kappa shape index (κ3) is 8.51. The maximum atomic E-state index is 14.3. The summed E-state index contributed by atoms with van der Waals surface area (Å²) < 4.78 is 17.4. The average Bonchev–Trinajstić information content (AvgIpc) is 3.80. The van der Waals surface area contributed by atoms with Gasteiger partial charge < -0.3 is 40.0 Å². The molecule has 2 amide bonds. The Hall–Kier alpha value is -5.38. The fraction of sp³-hybridized carbons (Fsp3) is 0.520. The van der Waals surface area contributed by atoms with E-state index in [1.165, 1.54) is 10.6 Å². The lowest BCUT2D eigenvalue weighted by Gasteiger charge is -2.38. The summed E-state index contributed by atoms with van der Waals surface area (Å²) in [6, 6.07) is 19.9. The average molecular weight is 886 g/mol. The number of aryl methyl sites for hydroxylation is 1. The fourth-order valence-corrected chi connectivity index (χ4v) is 11.6. The van der Waals surface area contributed by atoms with Crippen LogP contribution in [0.3, 0.4) is 0 Å². The van der Waals surface area contributed by atoms with E-state index < -0.39 is 30.4 Å². The van der Waals surface area contributed by atoms with Crippen LogP contribution < -0.4 is 16.7 Å². The molecule has 2 aliphatic carbocycles. The number of nitrogens with two attached hydrogens (primary N) is 1. The molecule has 4 fully saturated rings. The van der Waals surface area contributed by atoms with Crippen molar-refractivity contribution in [2.45, 2.75) is 123 Å². The zero-order chi connectivity index (χ0) is 45.9. The lowest BCUT2D eigenvalue weighted by molar-refractivity contribution is -0.138. The van der Waals surface area contributed by atoms with Gasteiger partial charge in [-0.1, -0.05) is 71.9 Å². The van der Waals surface area contributed by atoms with Crippen molar-refractivity contribution in [1.82, 2.24) is 29.5 Å². The number of nitrogens with zero attached hydrogens (tertiary/aromatic N) is 4. The molecule has 2 aliphatic heterocycles. The van der Waals surface area contributed by atoms with Gasteiger partial charge in [-0.05, 0) is 115 Å². The Labute approximate surface area is 381 Å². The molecule has 6 atom stereocenters. The van der Waals surface area contributed by atoms with Crippen LogP contribution in [0.2, 0.25) is 0 Å². The molecule has 344 valence electrons. The normalized spacial score (nSPS) is 23.6. The lowest BCUT2D eigenvalue weighted by atomic mass is 9.73. The van der Waals surface area contributed by atoms with Crippen molar-refractivity contribution >= 4 is 29.8 Å². The fourth-order valence-electron chi connectivity index (χ4n) is 11.6. The van der Waals surface area contributed by atoms with Crippen LogP contribution in [0.5, 0.6) is 11.5 Å². The third-order valence-corrected chi connectivity index (χ3v) is 15.1. The maximum Gasteiger partial charge on any atom is 0.481 e. The number of carbonyl (C=O) groups is 2. The second-order valence-corrected chi connectivity index (χ2v) is 20.6. The van der Waals surface area contributed by atoms with Crippen molar-refractivity contribution in [3.05, 3.63) is 94.5 Å². The molecule has 4 aliphatic rings. The van der Waals surface area contributed by atoms with Gasteiger partial charge in [0.15, 0.2) is 5.82 Å². The van der Waals surface area contributed by atoms with Crippen molar-refractivity contribution in [1.29, 1.82) is 0 Å². The molecule has 2 saturated carbocycles. The van der Waals surface area contributed by atoms with E-state index in [9.17, 15) is 24.6 Å². The number of aromatic nitrogens is 4. The molecule has 2 aromatic heterocycles. The SMILES string of the molecule is CC(C)C[C@H](NC(=O)[C@@H](N)Cc1ccccc1)B1O[C@H]2C[C@@H]3C(C3(C)C)[C@@]2(CC(=O)N2CCC(CCn3ccc4cc(-n5c(-c6cc(C(C)C)c(O)cc6O)n[nH]c5=O)ccc43)CC2)O1. The Morgan fingerprint density at radius 2 is 1.77 bits per heavy atom. The number of benzene rings is 3. The van der Waals surface area contributed by atoms with Crippen molar-refractivity contribution in [2.24, 2.45) is 34.8 Å². The van der Waals surface area contributed by atoms with Crippen molar-refractivity contribution in [3.8, 4) is 28.6 Å². The Balaban J connectivity index is 0.825. The summed E-state index contributed by atoms with van der Waals surface area (Å²) in [5.41, 5.74) is 8.96. The number of hydrogen-bond donors (Lipinski definition) is 5. The summed E-state index contributed by atoms with van der Waals surface area (Å²) in [5.74, 6) is 0.946. The number of likely N-dealkylation sites (tertiary alicyclic amines) is 1. The molecule has 9 rings (SSSR count). The van der Waals surface area contributed by atoms with Gasteiger partial charge in [0.1, 0.15) is 11.5 Å². The summed E-state index contributed by atoms with van der Waals surface area (Å²) in [7, 11) is -0.661. The minimum absolute atomic E-state index is 0.00745. The van der Waals surface area contributed by atoms with Crippen LogP contribution in [0, 0.1) is 29.1 Å². The molecule has 5 aromatic rings. The molecular weight excluding hydrogens is 821 g/mol. The van der Waals surface area contributed by atoms with Crippen molar-refractivity contribution < 1.29 is 29.1 Å². The van der Waals surface area contributed by atoms with Gasteiger partial charge in [-0.15, -0.1) is 0 Å². The summed E-state index contributed by atoms with van der Waals surface area (Å²) in [4.78, 5) is 42.9. The van der Waals surface area contributed by atoms with E-state index >= 15 is 0 Å². The number of fused-ring (bicyclic) bond motifs is 4. The first-order valence-corrected chi connectivity index (χ1v) is 23.6. The minimum Gasteiger partial charge on any atom is -0.508 e. The molecule has 0 radical (unpaired) electrons. The highest BCUT2D eigenvalue weighted by Gasteiger charge is 2.78. The number of carbonyl (C=O) groups excluding carboxylic acids is 2. The monoisotopic (exact) mass is 885 g/mol. The van der Waals surface area contributed by atoms with Gasteiger partial charge in [-0.3, -0.25) is 9.59 Å². The first-order valence-electron chi connectivity index (χ1n) is 23.6. The van der Waals surface area contributed by atoms with Crippen LogP contribution in [0.4, 0.5) is 0 Å². The smallest absolute Gasteiger partial charge is 0.481 e. The molecule has 14 nitrogen and oxygen atoms in total. The van der Waals surface area contributed by atoms with E-state index in [0.29, 0.717) is 54.6 Å². The molecule has 65 heavy (non-hydrogen) atoms. The number of piperidine rings is 1. The second-order valence-electron chi connectivity index (χ2n) is 20.6. The standard InChI is InChI=1S/C50H64BN7O7/c1-29(2)22-43(53-47(62)38(52)23-32-10-8-7-9-11-32)51-64-42-26-37-45(49(37,5)6)50(42,65-51)28-44(61)57-19-15-31(16-20-57)14-18-56-21-17-33-24-34(12-13-39(33)56)58-46(54-55-48(58)63)36-25-35(30(3)4)40(59)27-41(36)60/h7-13,17,21,24-25,27,29-31,37-38,42-43,45,59-60H,14-16,18-20,22-23,26,28,52H2,1-6H3,(H,53,62)(H,55,63)/t37-,38+,42+,43+,45?,50+/m1/s1. The highest BCUT2D eigenvalue weighted by Crippen LogP contribution is 2.74. The quantitative estimate of drug-likeness (QED) is 0.0714. The first-order chi connectivity index (χ1) is 31.0. The topological polar surface area (TPSA) is 190 Å². The Morgan fingerprint density at radius 1 is 1.02 bits per heavy atom. The number of H-pyrrole nitrogens is 1. The number of hydrogen-bond acceptors (Lipinski definition) is 9. The van der Waals surface area contributed by atoms with E-state index in [1.54, 1.807) is 6.07 Å². The molecule has 6 N–H and O–H groups in total. The van der Waals surface area contributed by atoms with Crippen LogP contribution >= 0.6 is 0 Å². The van der Waals surface area contributed by atoms with Gasteiger partial charge in [-0.2, -0.15) is 5.10 Å². The Bertz CT molecular complexity index is 2610. The number of aromatic hydroxyl groups is 2. The number of nitrogens with one attached hydrogen (secondary N) is 2.